The van der Waals surface area contributed by atoms with Crippen LogP contribution in [0.2, 0.25) is 0 Å². The summed E-state index contributed by atoms with van der Waals surface area (Å²) < 4.78 is 7.49. The standard InChI is InChI=1S/C57H37N5S/c1-4-14-36(15-5-1)37-24-26-39(27-25-37)56-58-55(38-16-6-2-7-17-38)59-57(60-56)40-28-30-42(31-29-40)62-50-23-13-11-21-44(50)46-33-35-48-47-34-32-45-43-20-10-12-22-49(43)61(41-18-8-3-9-19-41)51(45)53(47)63-54(48)52(46)62/h1-35,57H,(H,58,59,60). The van der Waals surface area contributed by atoms with E-state index in [9.17, 15) is 0 Å². The summed E-state index contributed by atoms with van der Waals surface area (Å²) in [7, 11) is 0. The maximum absolute atomic E-state index is 5.20. The van der Waals surface area contributed by atoms with Gasteiger partial charge in [0.05, 0.1) is 31.5 Å². The molecule has 0 bridgehead atoms. The summed E-state index contributed by atoms with van der Waals surface area (Å²) >= 11 is 1.91. The molecule has 0 saturated carbocycles. The minimum Gasteiger partial charge on any atom is -0.344 e. The molecule has 4 heterocycles. The number of hydrogen-bond acceptors (Lipinski definition) is 4. The molecule has 13 rings (SSSR count). The van der Waals surface area contributed by atoms with Crippen LogP contribution in [0.25, 0.3) is 86.3 Å². The summed E-state index contributed by atoms with van der Waals surface area (Å²) in [4.78, 5) is 10.3. The highest BCUT2D eigenvalue weighted by Gasteiger charge is 2.24. The van der Waals surface area contributed by atoms with E-state index in [1.807, 2.05) is 35.6 Å². The van der Waals surface area contributed by atoms with Crippen LogP contribution < -0.4 is 5.32 Å². The molecule has 1 N–H and O–H groups in total. The molecule has 12 aromatic rings. The Morgan fingerprint density at radius 3 is 1.43 bits per heavy atom. The number of aliphatic imine (C=N–C) groups is 2. The minimum absolute atomic E-state index is 0.332. The molecule has 0 radical (unpaired) electrons. The number of aromatic nitrogens is 2. The first-order valence-electron chi connectivity index (χ1n) is 21.4. The third kappa shape index (κ3) is 5.69. The van der Waals surface area contributed by atoms with E-state index >= 15 is 0 Å². The first-order valence-corrected chi connectivity index (χ1v) is 22.2. The monoisotopic (exact) mass is 823 g/mol. The first-order chi connectivity index (χ1) is 31.2. The second kappa shape index (κ2) is 14.3. The SMILES string of the molecule is c1ccc(C2=NC(c3ccc(-n4c5ccccc5c5ccc6c7ccc8c9ccccc9n(-c9ccccc9)c8c7sc6c54)cc3)NC(c3ccc(-c4ccccc4)cc3)=N2)cc1. The molecule has 0 amide bonds. The van der Waals surface area contributed by atoms with Crippen LogP contribution in [0, 0.1) is 0 Å². The van der Waals surface area contributed by atoms with Crippen LogP contribution in [0.3, 0.4) is 0 Å². The highest BCUT2D eigenvalue weighted by molar-refractivity contribution is 7.27. The lowest BCUT2D eigenvalue weighted by Gasteiger charge is -2.24. The van der Waals surface area contributed by atoms with E-state index in [1.54, 1.807) is 0 Å². The maximum Gasteiger partial charge on any atom is 0.159 e. The fraction of sp³-hybridized carbons (Fsp3) is 0.0175. The van der Waals surface area contributed by atoms with Crippen molar-refractivity contribution in [3.63, 3.8) is 0 Å². The second-order valence-corrected chi connectivity index (χ2v) is 17.2. The Morgan fingerprint density at radius 2 is 0.841 bits per heavy atom. The van der Waals surface area contributed by atoms with E-state index in [2.05, 4.69) is 203 Å². The molecule has 1 aliphatic heterocycles. The van der Waals surface area contributed by atoms with Gasteiger partial charge in [0.2, 0.25) is 0 Å². The van der Waals surface area contributed by atoms with Crippen molar-refractivity contribution < 1.29 is 0 Å². The fourth-order valence-corrected chi connectivity index (χ4v) is 11.0. The molecular weight excluding hydrogens is 787 g/mol. The predicted octanol–water partition coefficient (Wildman–Crippen LogP) is 14.4. The molecule has 1 aliphatic rings. The van der Waals surface area contributed by atoms with Gasteiger partial charge in [-0.1, -0.05) is 176 Å². The Morgan fingerprint density at radius 1 is 0.381 bits per heavy atom. The topological polar surface area (TPSA) is 46.6 Å². The third-order valence-corrected chi connectivity index (χ3v) is 13.8. The van der Waals surface area contributed by atoms with Crippen molar-refractivity contribution in [3.8, 4) is 22.5 Å². The number of amidine groups is 2. The summed E-state index contributed by atoms with van der Waals surface area (Å²) in [6.07, 6.45) is -0.332. The van der Waals surface area contributed by atoms with Crippen molar-refractivity contribution >= 4 is 86.8 Å². The molecule has 0 fully saturated rings. The van der Waals surface area contributed by atoms with E-state index in [4.69, 9.17) is 9.98 Å². The summed E-state index contributed by atoms with van der Waals surface area (Å²) in [6.45, 7) is 0. The maximum atomic E-state index is 5.20. The van der Waals surface area contributed by atoms with Crippen LogP contribution >= 0.6 is 11.3 Å². The zero-order valence-electron chi connectivity index (χ0n) is 34.0. The molecule has 0 spiro atoms. The number of thiophene rings is 1. The first kappa shape index (κ1) is 35.7. The summed E-state index contributed by atoms with van der Waals surface area (Å²) in [6, 6.07) is 76.0. The van der Waals surface area contributed by atoms with Gasteiger partial charge in [-0.25, -0.2) is 9.98 Å². The quantitative estimate of drug-likeness (QED) is 0.178. The van der Waals surface area contributed by atoms with Crippen LogP contribution in [0.1, 0.15) is 22.9 Å². The van der Waals surface area contributed by atoms with Crippen LogP contribution in [0.4, 0.5) is 0 Å². The fourth-order valence-electron chi connectivity index (χ4n) is 9.64. The molecule has 6 heteroatoms. The van der Waals surface area contributed by atoms with Gasteiger partial charge in [-0.05, 0) is 53.1 Å². The van der Waals surface area contributed by atoms with Crippen molar-refractivity contribution in [2.45, 2.75) is 6.17 Å². The van der Waals surface area contributed by atoms with Gasteiger partial charge in [0.1, 0.15) is 12.0 Å². The van der Waals surface area contributed by atoms with Gasteiger partial charge in [-0.2, -0.15) is 0 Å². The van der Waals surface area contributed by atoms with Crippen molar-refractivity contribution in [1.29, 1.82) is 0 Å². The lowest BCUT2D eigenvalue weighted by atomic mass is 10.0. The van der Waals surface area contributed by atoms with Gasteiger partial charge >= 0.3 is 0 Å². The van der Waals surface area contributed by atoms with E-state index in [0.29, 0.717) is 5.84 Å². The highest BCUT2D eigenvalue weighted by atomic mass is 32.1. The molecule has 0 aliphatic carbocycles. The number of para-hydroxylation sites is 3. The van der Waals surface area contributed by atoms with Crippen LogP contribution in [-0.2, 0) is 0 Å². The van der Waals surface area contributed by atoms with E-state index in [1.165, 1.54) is 80.6 Å². The summed E-state index contributed by atoms with van der Waals surface area (Å²) in [5.74, 6) is 1.51. The van der Waals surface area contributed by atoms with Gasteiger partial charge in [-0.3, -0.25) is 0 Å². The Kier molecular flexibility index (Phi) is 8.08. The lowest BCUT2D eigenvalue weighted by molar-refractivity contribution is 0.674. The number of nitrogens with zero attached hydrogens (tertiary/aromatic N) is 4. The van der Waals surface area contributed by atoms with Crippen LogP contribution in [0.15, 0.2) is 222 Å². The smallest absolute Gasteiger partial charge is 0.159 e. The Hall–Kier alpha value is -8.06. The van der Waals surface area contributed by atoms with E-state index in [0.717, 1.165) is 28.2 Å². The zero-order valence-corrected chi connectivity index (χ0v) is 34.8. The van der Waals surface area contributed by atoms with E-state index < -0.39 is 0 Å². The molecule has 296 valence electrons. The molecule has 3 aromatic heterocycles. The van der Waals surface area contributed by atoms with Gasteiger partial charge < -0.3 is 14.5 Å². The van der Waals surface area contributed by atoms with Crippen molar-refractivity contribution in [2.24, 2.45) is 9.98 Å². The largest absolute Gasteiger partial charge is 0.344 e. The Bertz CT molecular complexity index is 3780. The molecule has 1 unspecified atom stereocenters. The summed E-state index contributed by atoms with van der Waals surface area (Å²) in [5.41, 5.74) is 12.6. The highest BCUT2D eigenvalue weighted by Crippen LogP contribution is 2.47. The van der Waals surface area contributed by atoms with E-state index in [-0.39, 0.29) is 6.17 Å². The normalized spacial score (nSPS) is 14.2. The van der Waals surface area contributed by atoms with Crippen LogP contribution in [0.5, 0.6) is 0 Å². The molecule has 63 heavy (non-hydrogen) atoms. The second-order valence-electron chi connectivity index (χ2n) is 16.2. The third-order valence-electron chi connectivity index (χ3n) is 12.6. The molecule has 1 atom stereocenters. The molecular formula is C57H37N5S. The van der Waals surface area contributed by atoms with Crippen molar-refractivity contribution in [2.75, 3.05) is 0 Å². The van der Waals surface area contributed by atoms with Crippen LogP contribution in [-0.4, -0.2) is 20.8 Å². The summed E-state index contributed by atoms with van der Waals surface area (Å²) in [5, 5.41) is 11.3. The average molecular weight is 824 g/mol. The van der Waals surface area contributed by atoms with Gasteiger partial charge in [0.15, 0.2) is 5.84 Å². The predicted molar refractivity (Wildman–Crippen MR) is 265 cm³/mol. The van der Waals surface area contributed by atoms with Gasteiger partial charge in [-0.15, -0.1) is 11.3 Å². The molecule has 9 aromatic carbocycles. The number of rotatable bonds is 6. The average Bonchev–Trinajstić information content (AvgIpc) is 4.03. The number of nitrogens with one attached hydrogen (secondary N) is 1. The van der Waals surface area contributed by atoms with Crippen molar-refractivity contribution in [3.05, 3.63) is 229 Å². The lowest BCUT2D eigenvalue weighted by Crippen LogP contribution is -2.33. The number of benzene rings is 9. The number of hydrogen-bond donors (Lipinski definition) is 1. The van der Waals surface area contributed by atoms with Gasteiger partial charge in [0, 0.05) is 54.8 Å². The Balaban J connectivity index is 0.953. The zero-order chi connectivity index (χ0) is 41.4. The Labute approximate surface area is 367 Å². The number of fused-ring (bicyclic) bond motifs is 11. The van der Waals surface area contributed by atoms with Gasteiger partial charge in [0.25, 0.3) is 0 Å². The minimum atomic E-state index is -0.332. The van der Waals surface area contributed by atoms with Crippen molar-refractivity contribution in [1.82, 2.24) is 14.5 Å². The molecule has 0 saturated heterocycles. The molecule has 5 nitrogen and oxygen atoms in total.